The average molecular weight is 570 g/mol. The minimum atomic E-state index is -4.13. The van der Waals surface area contributed by atoms with Crippen molar-refractivity contribution in [2.24, 2.45) is 0 Å². The second kappa shape index (κ2) is 12.7. The van der Waals surface area contributed by atoms with Crippen LogP contribution in [0.4, 0.5) is 5.69 Å². The maximum atomic E-state index is 14.0. The van der Waals surface area contributed by atoms with E-state index in [4.69, 9.17) is 11.6 Å². The molecule has 2 amide bonds. The molecule has 9 heteroatoms. The number of aryl methyl sites for hydroxylation is 3. The number of hydrogen-bond acceptors (Lipinski definition) is 4. The number of carbonyl (C=O) groups is 2. The van der Waals surface area contributed by atoms with Gasteiger partial charge in [-0.25, -0.2) is 8.42 Å². The Morgan fingerprint density at radius 1 is 0.897 bits per heavy atom. The first-order chi connectivity index (χ1) is 18.3. The summed E-state index contributed by atoms with van der Waals surface area (Å²) in [7, 11) is -4.13. The molecule has 1 atom stereocenters. The van der Waals surface area contributed by atoms with Crippen LogP contribution < -0.4 is 9.62 Å². The van der Waals surface area contributed by atoms with Crippen LogP contribution in [-0.2, 0) is 26.2 Å². The second-order valence-electron chi connectivity index (χ2n) is 10.1. The minimum absolute atomic E-state index is 0.0381. The fourth-order valence-corrected chi connectivity index (χ4v) is 5.80. The number of nitrogens with zero attached hydrogens (tertiary/aromatic N) is 2. The van der Waals surface area contributed by atoms with Gasteiger partial charge in [0.05, 0.1) is 10.6 Å². The van der Waals surface area contributed by atoms with E-state index in [1.165, 1.54) is 17.0 Å². The predicted octanol–water partition coefficient (Wildman–Crippen LogP) is 5.40. The van der Waals surface area contributed by atoms with Crippen LogP contribution in [0, 0.1) is 20.8 Å². The lowest BCUT2D eigenvalue weighted by Crippen LogP contribution is -2.52. The molecule has 3 aromatic carbocycles. The molecule has 0 radical (unpaired) electrons. The van der Waals surface area contributed by atoms with Crippen molar-refractivity contribution < 1.29 is 18.0 Å². The van der Waals surface area contributed by atoms with Gasteiger partial charge in [-0.1, -0.05) is 59.6 Å². The number of nitrogens with one attached hydrogen (secondary N) is 1. The third kappa shape index (κ3) is 7.40. The normalized spacial score (nSPS) is 12.2. The topological polar surface area (TPSA) is 86.8 Å². The zero-order valence-electron chi connectivity index (χ0n) is 23.2. The summed E-state index contributed by atoms with van der Waals surface area (Å²) in [5, 5.41) is 3.29. The molecule has 1 unspecified atom stereocenters. The third-order valence-corrected chi connectivity index (χ3v) is 8.56. The predicted molar refractivity (Wildman–Crippen MR) is 156 cm³/mol. The molecular formula is C30H36ClN3O4S. The van der Waals surface area contributed by atoms with Gasteiger partial charge in [0.1, 0.15) is 12.6 Å². The van der Waals surface area contributed by atoms with Crippen molar-refractivity contribution in [2.75, 3.05) is 10.8 Å². The van der Waals surface area contributed by atoms with Crippen LogP contribution >= 0.6 is 11.6 Å². The lowest BCUT2D eigenvalue weighted by atomic mass is 10.1. The molecule has 0 aliphatic carbocycles. The lowest BCUT2D eigenvalue weighted by Gasteiger charge is -2.33. The number of carbonyl (C=O) groups excluding carboxylic acids is 2. The first-order valence-corrected chi connectivity index (χ1v) is 14.6. The highest BCUT2D eigenvalue weighted by atomic mass is 35.5. The van der Waals surface area contributed by atoms with E-state index in [1.54, 1.807) is 56.3 Å². The van der Waals surface area contributed by atoms with Crippen LogP contribution in [0.2, 0.25) is 5.02 Å². The van der Waals surface area contributed by atoms with Crippen molar-refractivity contribution in [2.45, 2.75) is 65.1 Å². The summed E-state index contributed by atoms with van der Waals surface area (Å²) in [5.74, 6) is -0.872. The molecule has 0 aliphatic rings. The van der Waals surface area contributed by atoms with Gasteiger partial charge in [0.2, 0.25) is 11.8 Å². The van der Waals surface area contributed by atoms with E-state index in [2.05, 4.69) is 5.32 Å². The molecule has 3 aromatic rings. The van der Waals surface area contributed by atoms with Crippen LogP contribution in [0.5, 0.6) is 0 Å². The Morgan fingerprint density at radius 2 is 1.51 bits per heavy atom. The molecule has 0 saturated carbocycles. The Morgan fingerprint density at radius 3 is 2.13 bits per heavy atom. The molecule has 0 aromatic heterocycles. The van der Waals surface area contributed by atoms with Crippen LogP contribution in [-0.4, -0.2) is 43.8 Å². The van der Waals surface area contributed by atoms with Gasteiger partial charge in [-0.05, 0) is 82.5 Å². The summed E-state index contributed by atoms with van der Waals surface area (Å²) in [4.78, 5) is 28.5. The Bertz CT molecular complexity index is 1440. The van der Waals surface area contributed by atoms with E-state index < -0.39 is 28.5 Å². The molecule has 39 heavy (non-hydrogen) atoms. The molecule has 0 aliphatic heterocycles. The molecule has 0 spiro atoms. The Kier molecular flexibility index (Phi) is 9.80. The van der Waals surface area contributed by atoms with Crippen LogP contribution in [0.1, 0.15) is 43.0 Å². The van der Waals surface area contributed by atoms with Crippen LogP contribution in [0.15, 0.2) is 71.6 Å². The lowest BCUT2D eigenvalue weighted by molar-refractivity contribution is -0.139. The standard InChI is InChI=1S/C30H36ClN3O4S/c1-20(2)32-30(36)24(6)33(18-25-9-7-8-10-27(25)31)29(35)19-34(28-17-22(4)11-14-23(28)5)39(37,38)26-15-12-21(3)13-16-26/h7-17,20,24H,18-19H2,1-6H3,(H,32,36). The molecular weight excluding hydrogens is 534 g/mol. The summed E-state index contributed by atoms with van der Waals surface area (Å²) in [6.07, 6.45) is 0. The van der Waals surface area contributed by atoms with Gasteiger partial charge >= 0.3 is 0 Å². The first-order valence-electron chi connectivity index (χ1n) is 12.8. The maximum absolute atomic E-state index is 14.0. The van der Waals surface area contributed by atoms with Gasteiger partial charge in [-0.3, -0.25) is 13.9 Å². The number of sulfonamides is 1. The number of anilines is 1. The number of halogens is 1. The van der Waals surface area contributed by atoms with Gasteiger partial charge in [0.15, 0.2) is 0 Å². The molecule has 1 N–H and O–H groups in total. The highest BCUT2D eigenvalue weighted by Crippen LogP contribution is 2.29. The fraction of sp³-hybridized carbons (Fsp3) is 0.333. The Hall–Kier alpha value is -3.36. The monoisotopic (exact) mass is 569 g/mol. The van der Waals surface area contributed by atoms with E-state index in [0.29, 0.717) is 21.8 Å². The summed E-state index contributed by atoms with van der Waals surface area (Å²) in [6.45, 7) is 10.4. The van der Waals surface area contributed by atoms with E-state index in [9.17, 15) is 18.0 Å². The van der Waals surface area contributed by atoms with Crippen LogP contribution in [0.3, 0.4) is 0 Å². The van der Waals surface area contributed by atoms with Crippen molar-refractivity contribution in [3.63, 3.8) is 0 Å². The number of hydrogen-bond donors (Lipinski definition) is 1. The fourth-order valence-electron chi connectivity index (χ4n) is 4.14. The minimum Gasteiger partial charge on any atom is -0.352 e. The SMILES string of the molecule is Cc1ccc(S(=O)(=O)N(CC(=O)N(Cc2ccccc2Cl)C(C)C(=O)NC(C)C)c2cc(C)ccc2C)cc1. The summed E-state index contributed by atoms with van der Waals surface area (Å²) in [6, 6.07) is 18.0. The van der Waals surface area contributed by atoms with Gasteiger partial charge in [-0.15, -0.1) is 0 Å². The number of amides is 2. The third-order valence-electron chi connectivity index (χ3n) is 6.42. The smallest absolute Gasteiger partial charge is 0.264 e. The van der Waals surface area contributed by atoms with Crippen molar-refractivity contribution >= 4 is 39.1 Å². The van der Waals surface area contributed by atoms with Gasteiger partial charge < -0.3 is 10.2 Å². The quantitative estimate of drug-likeness (QED) is 0.354. The van der Waals surface area contributed by atoms with Gasteiger partial charge in [-0.2, -0.15) is 0 Å². The van der Waals surface area contributed by atoms with Crippen molar-refractivity contribution in [3.05, 3.63) is 94.0 Å². The van der Waals surface area contributed by atoms with E-state index in [1.807, 2.05) is 39.8 Å². The molecule has 7 nitrogen and oxygen atoms in total. The summed E-state index contributed by atoms with van der Waals surface area (Å²) in [5.41, 5.74) is 3.52. The largest absolute Gasteiger partial charge is 0.352 e. The highest BCUT2D eigenvalue weighted by molar-refractivity contribution is 7.92. The van der Waals surface area contributed by atoms with E-state index in [0.717, 1.165) is 15.4 Å². The van der Waals surface area contributed by atoms with E-state index >= 15 is 0 Å². The molecule has 0 fully saturated rings. The zero-order chi connectivity index (χ0) is 28.9. The summed E-state index contributed by atoms with van der Waals surface area (Å²) >= 11 is 6.40. The molecule has 0 heterocycles. The van der Waals surface area contributed by atoms with Crippen molar-refractivity contribution in [3.8, 4) is 0 Å². The van der Waals surface area contributed by atoms with Gasteiger partial charge in [0, 0.05) is 17.6 Å². The number of rotatable bonds is 10. The molecule has 0 bridgehead atoms. The highest BCUT2D eigenvalue weighted by Gasteiger charge is 2.33. The summed E-state index contributed by atoms with van der Waals surface area (Å²) < 4.78 is 29.1. The van der Waals surface area contributed by atoms with Gasteiger partial charge in [0.25, 0.3) is 10.0 Å². The maximum Gasteiger partial charge on any atom is 0.264 e. The Balaban J connectivity index is 2.09. The van der Waals surface area contributed by atoms with Crippen molar-refractivity contribution in [1.29, 1.82) is 0 Å². The molecule has 3 rings (SSSR count). The second-order valence-corrected chi connectivity index (χ2v) is 12.3. The van der Waals surface area contributed by atoms with Crippen LogP contribution in [0.25, 0.3) is 0 Å². The average Bonchev–Trinajstić information content (AvgIpc) is 2.87. The van der Waals surface area contributed by atoms with Crippen molar-refractivity contribution in [1.82, 2.24) is 10.2 Å². The van der Waals surface area contributed by atoms with E-state index in [-0.39, 0.29) is 23.4 Å². The number of benzene rings is 3. The molecule has 0 saturated heterocycles. The first kappa shape index (κ1) is 30.2. The Labute approximate surface area is 236 Å². The zero-order valence-corrected chi connectivity index (χ0v) is 24.8. The molecule has 208 valence electrons.